The third-order valence-corrected chi connectivity index (χ3v) is 2.35. The van der Waals surface area contributed by atoms with Crippen LogP contribution < -0.4 is 5.62 Å². The van der Waals surface area contributed by atoms with Crippen LogP contribution in [0, 0.1) is 0 Å². The molecule has 78 valence electrons. The number of aromatic amines is 1. The summed E-state index contributed by atoms with van der Waals surface area (Å²) in [6.07, 6.45) is 13.2. The van der Waals surface area contributed by atoms with Crippen LogP contribution in [0.5, 0.6) is 0 Å². The first-order chi connectivity index (χ1) is 7.25. The molecule has 0 saturated carbocycles. The summed E-state index contributed by atoms with van der Waals surface area (Å²) in [5.74, 6) is 0. The van der Waals surface area contributed by atoms with Crippen molar-refractivity contribution >= 4 is 0 Å². The van der Waals surface area contributed by atoms with Gasteiger partial charge in [0.05, 0.1) is 5.70 Å². The highest BCUT2D eigenvalue weighted by molar-refractivity contribution is 5.29. The first-order valence-electron chi connectivity index (χ1n) is 5.04. The minimum absolute atomic E-state index is 0.860. The van der Waals surface area contributed by atoms with Gasteiger partial charge in [-0.1, -0.05) is 17.7 Å². The Morgan fingerprint density at radius 1 is 1.40 bits per heavy atom. The number of rotatable bonds is 1. The van der Waals surface area contributed by atoms with Crippen LogP contribution in [-0.4, -0.2) is 9.55 Å². The molecule has 1 aromatic rings. The van der Waals surface area contributed by atoms with Gasteiger partial charge < -0.3 is 9.55 Å². The number of hydrogen-bond acceptors (Lipinski definition) is 1. The van der Waals surface area contributed by atoms with Gasteiger partial charge in [0, 0.05) is 19.4 Å². The summed E-state index contributed by atoms with van der Waals surface area (Å²) in [6.45, 7) is 2.12. The summed E-state index contributed by atoms with van der Waals surface area (Å²) in [4.78, 5) is 7.59. The molecule has 0 bridgehead atoms. The highest BCUT2D eigenvalue weighted by atomic mass is 15.1. The van der Waals surface area contributed by atoms with E-state index in [1.165, 1.54) is 5.57 Å². The molecule has 0 aliphatic heterocycles. The molecule has 3 nitrogen and oxygen atoms in total. The Morgan fingerprint density at radius 2 is 2.27 bits per heavy atom. The second kappa shape index (κ2) is 4.17. The predicted molar refractivity (Wildman–Crippen MR) is 60.9 cm³/mol. The van der Waals surface area contributed by atoms with Gasteiger partial charge in [-0.3, -0.25) is 0 Å². The van der Waals surface area contributed by atoms with Crippen LogP contribution in [0.1, 0.15) is 13.3 Å². The maximum absolute atomic E-state index is 4.51. The van der Waals surface area contributed by atoms with Gasteiger partial charge in [0.15, 0.2) is 0 Å². The van der Waals surface area contributed by atoms with Gasteiger partial charge in [-0.25, -0.2) is 4.99 Å². The van der Waals surface area contributed by atoms with Crippen LogP contribution in [0.15, 0.2) is 53.0 Å². The Kier molecular flexibility index (Phi) is 2.72. The molecule has 0 atom stereocenters. The molecule has 1 heterocycles. The van der Waals surface area contributed by atoms with Crippen molar-refractivity contribution < 1.29 is 0 Å². The molecular weight excluding hydrogens is 186 g/mol. The van der Waals surface area contributed by atoms with Crippen LogP contribution in [0.2, 0.25) is 0 Å². The fourth-order valence-electron chi connectivity index (χ4n) is 1.42. The summed E-state index contributed by atoms with van der Waals surface area (Å²) < 4.78 is 1.95. The molecule has 0 fully saturated rings. The fourth-order valence-corrected chi connectivity index (χ4v) is 1.42. The lowest BCUT2D eigenvalue weighted by atomic mass is 10.2. The van der Waals surface area contributed by atoms with Crippen molar-refractivity contribution in [2.24, 2.45) is 12.0 Å². The molecule has 1 N–H and O–H groups in total. The summed E-state index contributed by atoms with van der Waals surface area (Å²) >= 11 is 0. The molecule has 1 aromatic heterocycles. The van der Waals surface area contributed by atoms with Crippen LogP contribution in [0.3, 0.4) is 0 Å². The highest BCUT2D eigenvalue weighted by Crippen LogP contribution is 2.10. The summed E-state index contributed by atoms with van der Waals surface area (Å²) in [7, 11) is 1.97. The smallest absolute Gasteiger partial charge is 0.207 e. The van der Waals surface area contributed by atoms with E-state index in [9.17, 15) is 0 Å². The van der Waals surface area contributed by atoms with Crippen molar-refractivity contribution in [1.29, 1.82) is 0 Å². The quantitative estimate of drug-likeness (QED) is 0.721. The maximum atomic E-state index is 4.51. The lowest BCUT2D eigenvalue weighted by Gasteiger charge is -1.91. The fraction of sp³-hybridized carbons (Fsp3) is 0.250. The first-order valence-corrected chi connectivity index (χ1v) is 5.04. The third kappa shape index (κ3) is 2.37. The van der Waals surface area contributed by atoms with Gasteiger partial charge in [-0.15, -0.1) is 0 Å². The normalized spacial score (nSPS) is 17.3. The molecular formula is C12H15N3. The third-order valence-electron chi connectivity index (χ3n) is 2.35. The standard InChI is InChI=1S/C12H15N3/c1-10-4-3-5-11(7-6-10)14-12-13-8-9-15(12)2/h3,5-9H,4H2,1-2H3,(H,13,14). The lowest BCUT2D eigenvalue weighted by Crippen LogP contribution is -2.14. The number of allylic oxidation sites excluding steroid dienone is 5. The Hall–Kier alpha value is -1.77. The van der Waals surface area contributed by atoms with Gasteiger partial charge in [0.2, 0.25) is 5.62 Å². The minimum atomic E-state index is 0.860. The molecule has 2 rings (SSSR count). The van der Waals surface area contributed by atoms with E-state index in [2.05, 4.69) is 29.1 Å². The number of H-pyrrole nitrogens is 1. The number of hydrogen-bond donors (Lipinski definition) is 1. The van der Waals surface area contributed by atoms with Gasteiger partial charge in [0.1, 0.15) is 0 Å². The number of aromatic nitrogens is 2. The zero-order valence-electron chi connectivity index (χ0n) is 9.07. The lowest BCUT2D eigenvalue weighted by molar-refractivity contribution is 0.825. The molecule has 15 heavy (non-hydrogen) atoms. The van der Waals surface area contributed by atoms with Crippen molar-refractivity contribution in [3.8, 4) is 0 Å². The molecule has 0 amide bonds. The molecule has 0 unspecified atom stereocenters. The van der Waals surface area contributed by atoms with E-state index in [1.807, 2.05) is 36.2 Å². The topological polar surface area (TPSA) is 33.1 Å². The average molecular weight is 201 g/mol. The average Bonchev–Trinajstić information content (AvgIpc) is 2.48. The van der Waals surface area contributed by atoms with Crippen LogP contribution in [-0.2, 0) is 7.05 Å². The van der Waals surface area contributed by atoms with E-state index >= 15 is 0 Å². The summed E-state index contributed by atoms with van der Waals surface area (Å²) in [5.41, 5.74) is 3.19. The van der Waals surface area contributed by atoms with E-state index in [-0.39, 0.29) is 0 Å². The molecule has 0 radical (unpaired) electrons. The Bertz CT molecular complexity index is 495. The van der Waals surface area contributed by atoms with Crippen LogP contribution in [0.25, 0.3) is 0 Å². The molecule has 3 heteroatoms. The van der Waals surface area contributed by atoms with Crippen molar-refractivity contribution in [2.75, 3.05) is 0 Å². The van der Waals surface area contributed by atoms with Crippen molar-refractivity contribution in [2.45, 2.75) is 13.3 Å². The highest BCUT2D eigenvalue weighted by Gasteiger charge is 1.94. The summed E-state index contributed by atoms with van der Waals surface area (Å²) in [5, 5.41) is 0. The molecule has 1 aliphatic carbocycles. The van der Waals surface area contributed by atoms with Gasteiger partial charge in [-0.2, -0.15) is 0 Å². The summed E-state index contributed by atoms with van der Waals surface area (Å²) in [6, 6.07) is 0. The van der Waals surface area contributed by atoms with Gasteiger partial charge >= 0.3 is 0 Å². The van der Waals surface area contributed by atoms with Crippen molar-refractivity contribution in [3.63, 3.8) is 0 Å². The maximum Gasteiger partial charge on any atom is 0.207 e. The van der Waals surface area contributed by atoms with E-state index in [1.54, 1.807) is 0 Å². The minimum Gasteiger partial charge on any atom is -0.331 e. The Balaban J connectivity index is 2.38. The molecule has 0 aromatic carbocycles. The van der Waals surface area contributed by atoms with Crippen molar-refractivity contribution in [1.82, 2.24) is 9.55 Å². The zero-order chi connectivity index (χ0) is 10.7. The second-order valence-corrected chi connectivity index (χ2v) is 3.72. The SMILES string of the molecule is CC1=CC=C(/N=c2\[nH]ccn2C)C=CC1. The van der Waals surface area contributed by atoms with E-state index < -0.39 is 0 Å². The molecule has 0 spiro atoms. The van der Waals surface area contributed by atoms with Gasteiger partial charge in [-0.05, 0) is 25.5 Å². The van der Waals surface area contributed by atoms with E-state index in [0.717, 1.165) is 17.7 Å². The monoisotopic (exact) mass is 201 g/mol. The first kappa shape index (κ1) is 9.77. The zero-order valence-corrected chi connectivity index (χ0v) is 9.07. The van der Waals surface area contributed by atoms with Crippen LogP contribution >= 0.6 is 0 Å². The largest absolute Gasteiger partial charge is 0.331 e. The van der Waals surface area contributed by atoms with Crippen molar-refractivity contribution in [3.05, 3.63) is 53.6 Å². The molecule has 1 aliphatic rings. The number of nitrogens with zero attached hydrogens (tertiary/aromatic N) is 2. The number of aryl methyl sites for hydroxylation is 1. The van der Waals surface area contributed by atoms with E-state index in [4.69, 9.17) is 0 Å². The van der Waals surface area contributed by atoms with E-state index in [0.29, 0.717) is 0 Å². The van der Waals surface area contributed by atoms with Crippen LogP contribution in [0.4, 0.5) is 0 Å². The number of imidazole rings is 1. The Morgan fingerprint density at radius 3 is 3.00 bits per heavy atom. The number of nitrogens with one attached hydrogen (secondary N) is 1. The predicted octanol–water partition coefficient (Wildman–Crippen LogP) is 2.04. The molecule has 0 saturated heterocycles. The van der Waals surface area contributed by atoms with Gasteiger partial charge in [0.25, 0.3) is 0 Å². The second-order valence-electron chi connectivity index (χ2n) is 3.72. The Labute approximate surface area is 89.2 Å².